The molecular weight excluding hydrogens is 322 g/mol. The normalized spacial score (nSPS) is 15.4. The highest BCUT2D eigenvalue weighted by molar-refractivity contribution is 5.84. The number of benzene rings is 2. The molecule has 4 heteroatoms. The van der Waals surface area contributed by atoms with Crippen LogP contribution in [-0.4, -0.2) is 37.0 Å². The molecule has 0 spiro atoms. The fourth-order valence-electron chi connectivity index (χ4n) is 3.50. The van der Waals surface area contributed by atoms with Crippen LogP contribution in [0.4, 0.5) is 11.4 Å². The van der Waals surface area contributed by atoms with E-state index >= 15 is 0 Å². The van der Waals surface area contributed by atoms with Gasteiger partial charge in [0.15, 0.2) is 0 Å². The molecule has 0 aromatic heterocycles. The lowest BCUT2D eigenvalue weighted by molar-refractivity contribution is -0.130. The maximum absolute atomic E-state index is 12.6. The van der Waals surface area contributed by atoms with E-state index in [2.05, 4.69) is 34.5 Å². The molecule has 1 saturated heterocycles. The third kappa shape index (κ3) is 4.78. The SMILES string of the molecule is C[C@@H](Nc1ccc(N2CCCCC2)cc1)C(=O)N(C)Cc1ccccc1. The third-order valence-electron chi connectivity index (χ3n) is 4.98. The van der Waals surface area contributed by atoms with Crippen LogP contribution in [0, 0.1) is 0 Å². The van der Waals surface area contributed by atoms with E-state index in [1.807, 2.05) is 44.3 Å². The second-order valence-electron chi connectivity index (χ2n) is 7.14. The van der Waals surface area contributed by atoms with Crippen LogP contribution in [0.25, 0.3) is 0 Å². The first-order valence-electron chi connectivity index (χ1n) is 9.54. The Hall–Kier alpha value is -2.49. The Morgan fingerprint density at radius 1 is 1.04 bits per heavy atom. The Balaban J connectivity index is 1.54. The van der Waals surface area contributed by atoms with Gasteiger partial charge >= 0.3 is 0 Å². The van der Waals surface area contributed by atoms with Crippen molar-refractivity contribution in [3.8, 4) is 0 Å². The standard InChI is InChI=1S/C22H29N3O/c1-18(22(26)24(2)17-19-9-5-3-6-10-19)23-20-11-13-21(14-12-20)25-15-7-4-8-16-25/h3,5-6,9-14,18,23H,4,7-8,15-17H2,1-2H3/t18-/m1/s1. The average molecular weight is 351 g/mol. The zero-order valence-electron chi connectivity index (χ0n) is 15.8. The molecule has 0 unspecified atom stereocenters. The van der Waals surface area contributed by atoms with Crippen LogP contribution in [0.1, 0.15) is 31.7 Å². The Labute approximate surface area is 156 Å². The summed E-state index contributed by atoms with van der Waals surface area (Å²) in [6, 6.07) is 18.3. The summed E-state index contributed by atoms with van der Waals surface area (Å²) in [4.78, 5) is 16.8. The molecule has 138 valence electrons. The summed E-state index contributed by atoms with van der Waals surface area (Å²) < 4.78 is 0. The monoisotopic (exact) mass is 351 g/mol. The van der Waals surface area contributed by atoms with Gasteiger partial charge in [-0.15, -0.1) is 0 Å². The zero-order chi connectivity index (χ0) is 18.4. The number of carbonyl (C=O) groups is 1. The summed E-state index contributed by atoms with van der Waals surface area (Å²) in [5.41, 5.74) is 3.40. The Bertz CT molecular complexity index is 693. The molecule has 0 aliphatic carbocycles. The smallest absolute Gasteiger partial charge is 0.244 e. The van der Waals surface area contributed by atoms with Crippen LogP contribution < -0.4 is 10.2 Å². The van der Waals surface area contributed by atoms with E-state index in [9.17, 15) is 4.79 Å². The number of likely N-dealkylation sites (N-methyl/N-ethyl adjacent to an activating group) is 1. The quantitative estimate of drug-likeness (QED) is 0.850. The number of carbonyl (C=O) groups excluding carboxylic acids is 1. The molecule has 1 fully saturated rings. The van der Waals surface area contributed by atoms with Crippen molar-refractivity contribution in [1.82, 2.24) is 4.90 Å². The highest BCUT2D eigenvalue weighted by atomic mass is 16.2. The Kier molecular flexibility index (Phi) is 6.16. The first kappa shape index (κ1) is 18.3. The summed E-state index contributed by atoms with van der Waals surface area (Å²) in [7, 11) is 1.85. The molecule has 0 bridgehead atoms. The largest absolute Gasteiger partial charge is 0.374 e. The summed E-state index contributed by atoms with van der Waals surface area (Å²) in [5.74, 6) is 0.0916. The van der Waals surface area contributed by atoms with E-state index in [1.165, 1.54) is 24.9 Å². The van der Waals surface area contributed by atoms with Crippen LogP contribution in [-0.2, 0) is 11.3 Å². The second kappa shape index (κ2) is 8.75. The van der Waals surface area contributed by atoms with E-state index in [0.717, 1.165) is 24.3 Å². The van der Waals surface area contributed by atoms with Crippen LogP contribution in [0.2, 0.25) is 0 Å². The fraction of sp³-hybridized carbons (Fsp3) is 0.409. The lowest BCUT2D eigenvalue weighted by atomic mass is 10.1. The van der Waals surface area contributed by atoms with Crippen molar-refractivity contribution in [3.63, 3.8) is 0 Å². The van der Waals surface area contributed by atoms with Crippen LogP contribution in [0.15, 0.2) is 54.6 Å². The molecule has 0 saturated carbocycles. The number of nitrogens with zero attached hydrogens (tertiary/aromatic N) is 2. The van der Waals surface area contributed by atoms with Gasteiger partial charge < -0.3 is 15.1 Å². The summed E-state index contributed by atoms with van der Waals surface area (Å²) in [6.07, 6.45) is 3.89. The molecule has 2 aromatic rings. The lowest BCUT2D eigenvalue weighted by Gasteiger charge is -2.29. The molecule has 1 aliphatic rings. The van der Waals surface area contributed by atoms with Crippen molar-refractivity contribution in [2.75, 3.05) is 30.4 Å². The molecule has 26 heavy (non-hydrogen) atoms. The molecule has 2 aromatic carbocycles. The molecule has 1 heterocycles. The number of piperidine rings is 1. The molecule has 3 rings (SSSR count). The highest BCUT2D eigenvalue weighted by Crippen LogP contribution is 2.22. The summed E-state index contributed by atoms with van der Waals surface area (Å²) >= 11 is 0. The third-order valence-corrected chi connectivity index (χ3v) is 4.98. The van der Waals surface area contributed by atoms with Gasteiger partial charge in [0.2, 0.25) is 5.91 Å². The van der Waals surface area contributed by atoms with Gasteiger partial charge in [0.1, 0.15) is 6.04 Å². The predicted octanol–water partition coefficient (Wildman–Crippen LogP) is 4.14. The maximum atomic E-state index is 12.6. The predicted molar refractivity (Wildman–Crippen MR) is 109 cm³/mol. The molecular formula is C22H29N3O. The number of hydrogen-bond acceptors (Lipinski definition) is 3. The van der Waals surface area contributed by atoms with E-state index in [1.54, 1.807) is 4.90 Å². The van der Waals surface area contributed by atoms with Crippen LogP contribution >= 0.6 is 0 Å². The van der Waals surface area contributed by atoms with E-state index in [4.69, 9.17) is 0 Å². The Morgan fingerprint density at radius 2 is 1.69 bits per heavy atom. The van der Waals surface area contributed by atoms with Crippen molar-refractivity contribution in [2.24, 2.45) is 0 Å². The van der Waals surface area contributed by atoms with Crippen LogP contribution in [0.3, 0.4) is 0 Å². The molecule has 0 radical (unpaired) electrons. The average Bonchev–Trinajstić information content (AvgIpc) is 2.69. The first-order chi connectivity index (χ1) is 12.6. The minimum absolute atomic E-state index is 0.0916. The van der Waals surface area contributed by atoms with Gasteiger partial charge in [0.05, 0.1) is 0 Å². The number of hydrogen-bond donors (Lipinski definition) is 1. The summed E-state index contributed by atoms with van der Waals surface area (Å²) in [6.45, 7) is 4.83. The maximum Gasteiger partial charge on any atom is 0.244 e. The van der Waals surface area contributed by atoms with Crippen molar-refractivity contribution in [2.45, 2.75) is 38.8 Å². The van der Waals surface area contributed by atoms with E-state index in [0.29, 0.717) is 6.54 Å². The fourth-order valence-corrected chi connectivity index (χ4v) is 3.50. The minimum atomic E-state index is -0.260. The molecule has 1 aliphatic heterocycles. The van der Waals surface area contributed by atoms with Gasteiger partial charge in [0, 0.05) is 38.1 Å². The van der Waals surface area contributed by atoms with Crippen molar-refractivity contribution >= 4 is 17.3 Å². The minimum Gasteiger partial charge on any atom is -0.374 e. The van der Waals surface area contributed by atoms with Gasteiger partial charge in [-0.1, -0.05) is 30.3 Å². The molecule has 1 N–H and O–H groups in total. The molecule has 1 atom stereocenters. The Morgan fingerprint density at radius 3 is 2.35 bits per heavy atom. The van der Waals surface area contributed by atoms with Gasteiger partial charge in [-0.3, -0.25) is 4.79 Å². The first-order valence-corrected chi connectivity index (χ1v) is 9.54. The number of rotatable bonds is 6. The van der Waals surface area contributed by atoms with Gasteiger partial charge in [-0.25, -0.2) is 0 Å². The lowest BCUT2D eigenvalue weighted by Crippen LogP contribution is -2.38. The van der Waals surface area contributed by atoms with Gasteiger partial charge in [-0.2, -0.15) is 0 Å². The van der Waals surface area contributed by atoms with E-state index in [-0.39, 0.29) is 11.9 Å². The summed E-state index contributed by atoms with van der Waals surface area (Å²) in [5, 5.41) is 3.33. The number of amides is 1. The molecule has 1 amide bonds. The topological polar surface area (TPSA) is 35.6 Å². The van der Waals surface area contributed by atoms with Crippen molar-refractivity contribution < 1.29 is 4.79 Å². The van der Waals surface area contributed by atoms with Gasteiger partial charge in [0.25, 0.3) is 0 Å². The van der Waals surface area contributed by atoms with Crippen molar-refractivity contribution in [3.05, 3.63) is 60.2 Å². The second-order valence-corrected chi connectivity index (χ2v) is 7.14. The van der Waals surface area contributed by atoms with Gasteiger partial charge in [-0.05, 0) is 56.0 Å². The number of anilines is 2. The van der Waals surface area contributed by atoms with Crippen molar-refractivity contribution in [1.29, 1.82) is 0 Å². The highest BCUT2D eigenvalue weighted by Gasteiger charge is 2.18. The number of nitrogens with one attached hydrogen (secondary N) is 1. The van der Waals surface area contributed by atoms with E-state index < -0.39 is 0 Å². The van der Waals surface area contributed by atoms with Crippen LogP contribution in [0.5, 0.6) is 0 Å². The zero-order valence-corrected chi connectivity index (χ0v) is 15.8. The molecule has 4 nitrogen and oxygen atoms in total.